The van der Waals surface area contributed by atoms with Crippen molar-refractivity contribution in [2.24, 2.45) is 23.7 Å². The Morgan fingerprint density at radius 2 is 1.43 bits per heavy atom. The lowest BCUT2D eigenvalue weighted by Gasteiger charge is -2.17. The van der Waals surface area contributed by atoms with E-state index in [0.717, 1.165) is 23.1 Å². The van der Waals surface area contributed by atoms with E-state index in [1.807, 2.05) is 32.9 Å². The van der Waals surface area contributed by atoms with Crippen LogP contribution < -0.4 is 9.64 Å². The van der Waals surface area contributed by atoms with Gasteiger partial charge in [-0.1, -0.05) is 12.2 Å². The molecule has 2 bridgehead atoms. The van der Waals surface area contributed by atoms with Gasteiger partial charge in [0, 0.05) is 0 Å². The highest BCUT2D eigenvalue weighted by Gasteiger charge is 2.59. The average molecular weight is 401 g/mol. The molecule has 3 aliphatic rings. The first kappa shape index (κ1) is 18.8. The second kappa shape index (κ2) is 6.66. The molecule has 0 N–H and O–H groups in total. The lowest BCUT2D eigenvalue weighted by Crippen LogP contribution is -2.32. The Bertz CT molecular complexity index is 1060. The summed E-state index contributed by atoms with van der Waals surface area (Å²) in [4.78, 5) is 39.7. The molecular weight excluding hydrogens is 378 g/mol. The standard InChI is InChI=1S/C25H23NO4/c1-13-10-18(11-14(2)15(13)3)25(29)30-20-8-6-19(7-9-20)26-23(27)21-16-4-5-17(12-16)22(21)24(26)28/h4-11,16-17,21-22H,12H2,1-3H3. The number of allylic oxidation sites excluding steroid dienone is 2. The number of nitrogens with zero attached hydrogens (tertiary/aromatic N) is 1. The van der Waals surface area contributed by atoms with Crippen molar-refractivity contribution in [1.29, 1.82) is 0 Å². The quantitative estimate of drug-likeness (QED) is 0.336. The van der Waals surface area contributed by atoms with Crippen LogP contribution in [0.5, 0.6) is 5.75 Å². The zero-order chi connectivity index (χ0) is 21.2. The Hall–Kier alpha value is -3.21. The molecule has 0 radical (unpaired) electrons. The number of benzene rings is 2. The zero-order valence-corrected chi connectivity index (χ0v) is 17.2. The predicted octanol–water partition coefficient (Wildman–Crippen LogP) is 4.14. The molecule has 4 atom stereocenters. The van der Waals surface area contributed by atoms with Crippen LogP contribution in [0.1, 0.15) is 33.5 Å². The molecule has 5 nitrogen and oxygen atoms in total. The highest BCUT2D eigenvalue weighted by molar-refractivity contribution is 6.22. The number of hydrogen-bond donors (Lipinski definition) is 0. The monoisotopic (exact) mass is 401 g/mol. The summed E-state index contributed by atoms with van der Waals surface area (Å²) in [6.07, 6.45) is 5.07. The molecule has 152 valence electrons. The maximum absolute atomic E-state index is 12.9. The number of imide groups is 1. The number of amides is 2. The van der Waals surface area contributed by atoms with Crippen LogP contribution >= 0.6 is 0 Å². The highest BCUT2D eigenvalue weighted by atomic mass is 16.5. The van der Waals surface area contributed by atoms with Crippen LogP contribution in [-0.2, 0) is 9.59 Å². The van der Waals surface area contributed by atoms with Crippen molar-refractivity contribution >= 4 is 23.5 Å². The van der Waals surface area contributed by atoms with Crippen molar-refractivity contribution in [3.05, 3.63) is 70.8 Å². The number of carbonyl (C=O) groups is 3. The number of rotatable bonds is 3. The number of hydrogen-bond acceptors (Lipinski definition) is 4. The molecule has 2 fully saturated rings. The van der Waals surface area contributed by atoms with Gasteiger partial charge in [0.25, 0.3) is 0 Å². The van der Waals surface area contributed by atoms with Gasteiger partial charge in [-0.25, -0.2) is 4.79 Å². The van der Waals surface area contributed by atoms with Crippen LogP contribution in [-0.4, -0.2) is 17.8 Å². The van der Waals surface area contributed by atoms with Crippen LogP contribution in [0.25, 0.3) is 0 Å². The van der Waals surface area contributed by atoms with E-state index in [0.29, 0.717) is 17.0 Å². The third-order valence-electron chi connectivity index (χ3n) is 6.94. The largest absolute Gasteiger partial charge is 0.423 e. The van der Waals surface area contributed by atoms with Crippen molar-refractivity contribution < 1.29 is 19.1 Å². The van der Waals surface area contributed by atoms with Crippen molar-refractivity contribution in [2.45, 2.75) is 27.2 Å². The summed E-state index contributed by atoms with van der Waals surface area (Å²) in [7, 11) is 0. The zero-order valence-electron chi connectivity index (χ0n) is 17.2. The summed E-state index contributed by atoms with van der Waals surface area (Å²) in [5.74, 6) is -0.364. The lowest BCUT2D eigenvalue weighted by atomic mass is 9.85. The first-order chi connectivity index (χ1) is 14.3. The van der Waals surface area contributed by atoms with Crippen molar-refractivity contribution in [1.82, 2.24) is 0 Å². The summed E-state index contributed by atoms with van der Waals surface area (Å²) in [6, 6.07) is 10.2. The van der Waals surface area contributed by atoms with E-state index < -0.39 is 5.97 Å². The predicted molar refractivity (Wildman–Crippen MR) is 112 cm³/mol. The van der Waals surface area contributed by atoms with Gasteiger partial charge >= 0.3 is 5.97 Å². The fraction of sp³-hybridized carbons (Fsp3) is 0.320. The second-order valence-electron chi connectivity index (χ2n) is 8.63. The maximum atomic E-state index is 12.9. The molecule has 1 saturated carbocycles. The highest BCUT2D eigenvalue weighted by Crippen LogP contribution is 2.53. The van der Waals surface area contributed by atoms with Gasteiger partial charge < -0.3 is 4.74 Å². The molecule has 0 aromatic heterocycles. The molecular formula is C25H23NO4. The number of carbonyl (C=O) groups excluding carboxylic acids is 3. The third kappa shape index (κ3) is 2.72. The number of anilines is 1. The van der Waals surface area contributed by atoms with E-state index in [-0.39, 0.29) is 35.5 Å². The van der Waals surface area contributed by atoms with Gasteiger partial charge in [-0.05, 0) is 92.1 Å². The second-order valence-corrected chi connectivity index (χ2v) is 8.63. The molecule has 30 heavy (non-hydrogen) atoms. The van der Waals surface area contributed by atoms with E-state index in [4.69, 9.17) is 4.74 Å². The number of fused-ring (bicyclic) bond motifs is 5. The van der Waals surface area contributed by atoms with Crippen molar-refractivity contribution in [3.8, 4) is 5.75 Å². The fourth-order valence-corrected chi connectivity index (χ4v) is 5.14. The van der Waals surface area contributed by atoms with Crippen molar-refractivity contribution in [3.63, 3.8) is 0 Å². The first-order valence-electron chi connectivity index (χ1n) is 10.3. The number of ether oxygens (including phenoxy) is 1. The third-order valence-corrected chi connectivity index (χ3v) is 6.94. The average Bonchev–Trinajstić information content (AvgIpc) is 3.40. The molecule has 2 aliphatic carbocycles. The Morgan fingerprint density at radius 1 is 0.900 bits per heavy atom. The van der Waals surface area contributed by atoms with E-state index in [1.54, 1.807) is 24.3 Å². The summed E-state index contributed by atoms with van der Waals surface area (Å²) >= 11 is 0. The minimum absolute atomic E-state index is 0.114. The molecule has 5 heteroatoms. The van der Waals surface area contributed by atoms with Gasteiger partial charge in [-0.3, -0.25) is 14.5 Å². The van der Waals surface area contributed by atoms with Crippen molar-refractivity contribution in [2.75, 3.05) is 4.90 Å². The molecule has 5 rings (SSSR count). The molecule has 4 unspecified atom stereocenters. The lowest BCUT2D eigenvalue weighted by molar-refractivity contribution is -0.123. The van der Waals surface area contributed by atoms with E-state index in [1.165, 1.54) is 4.90 Å². The minimum atomic E-state index is -0.431. The van der Waals surface area contributed by atoms with Gasteiger partial charge in [0.1, 0.15) is 5.75 Å². The molecule has 1 heterocycles. The van der Waals surface area contributed by atoms with E-state index in [2.05, 4.69) is 12.2 Å². The first-order valence-corrected chi connectivity index (χ1v) is 10.3. The van der Waals surface area contributed by atoms with Crippen LogP contribution in [0.3, 0.4) is 0 Å². The summed E-state index contributed by atoms with van der Waals surface area (Å²) in [6.45, 7) is 5.96. The molecule has 0 spiro atoms. The number of aryl methyl sites for hydroxylation is 2. The van der Waals surface area contributed by atoms with E-state index >= 15 is 0 Å². The van der Waals surface area contributed by atoms with Gasteiger partial charge in [-0.15, -0.1) is 0 Å². The molecule has 2 amide bonds. The van der Waals surface area contributed by atoms with Crippen LogP contribution in [0.4, 0.5) is 5.69 Å². The molecule has 1 aliphatic heterocycles. The summed E-state index contributed by atoms with van der Waals surface area (Å²) < 4.78 is 5.50. The normalized spacial score (nSPS) is 26.4. The molecule has 1 saturated heterocycles. The smallest absolute Gasteiger partial charge is 0.343 e. The van der Waals surface area contributed by atoms with Crippen LogP contribution in [0, 0.1) is 44.4 Å². The summed E-state index contributed by atoms with van der Waals surface area (Å²) in [5, 5.41) is 0. The Labute approximate surface area is 175 Å². The Balaban J connectivity index is 1.34. The summed E-state index contributed by atoms with van der Waals surface area (Å²) in [5.41, 5.74) is 4.26. The molecule has 2 aromatic rings. The Morgan fingerprint density at radius 3 is 1.97 bits per heavy atom. The molecule has 2 aromatic carbocycles. The van der Waals surface area contributed by atoms with Crippen LogP contribution in [0.15, 0.2) is 48.6 Å². The number of esters is 1. The van der Waals surface area contributed by atoms with Gasteiger partial charge in [0.2, 0.25) is 11.8 Å². The van der Waals surface area contributed by atoms with Crippen LogP contribution in [0.2, 0.25) is 0 Å². The van der Waals surface area contributed by atoms with Gasteiger partial charge in [0.05, 0.1) is 23.1 Å². The SMILES string of the molecule is Cc1cc(C(=O)Oc2ccc(N3C(=O)C4C5C=CC(C5)C4C3=O)cc2)cc(C)c1C. The Kier molecular flexibility index (Phi) is 4.17. The van der Waals surface area contributed by atoms with E-state index in [9.17, 15) is 14.4 Å². The van der Waals surface area contributed by atoms with Gasteiger partial charge in [0.15, 0.2) is 0 Å². The minimum Gasteiger partial charge on any atom is -0.423 e. The fourth-order valence-electron chi connectivity index (χ4n) is 5.14. The maximum Gasteiger partial charge on any atom is 0.343 e. The topological polar surface area (TPSA) is 63.7 Å². The van der Waals surface area contributed by atoms with Gasteiger partial charge in [-0.2, -0.15) is 0 Å².